The van der Waals surface area contributed by atoms with Gasteiger partial charge < -0.3 is 20.5 Å². The molecule has 2 fully saturated rings. The van der Waals surface area contributed by atoms with Crippen molar-refractivity contribution >= 4 is 51.6 Å². The van der Waals surface area contributed by atoms with Crippen molar-refractivity contribution in [3.05, 3.63) is 70.2 Å². The summed E-state index contributed by atoms with van der Waals surface area (Å²) in [5.41, 5.74) is 10.4. The third-order valence-corrected chi connectivity index (χ3v) is 7.87. The molecule has 2 aromatic heterocycles. The normalized spacial score (nSPS) is 18.9. The largest absolute Gasteiger partial charge is 0.393 e. The Kier molecular flexibility index (Phi) is 6.33. The molecule has 8 nitrogen and oxygen atoms in total. The van der Waals surface area contributed by atoms with Crippen molar-refractivity contribution in [2.75, 3.05) is 48.3 Å². The standard InChI is InChI=1S/C26H28Cl2N8/c27-18-13-20-21(14-19(18)28)33-24(32-20)22-7-4-8-36(22)26-23(29)25(30-16-31-26)35-11-9-34(10-12-35)15-17-5-2-1-3-6-17/h1-3,5-6,13-14,16,22H,4,7-12,15,29H2,(H,32,33)/t22-/m0/s1. The zero-order valence-corrected chi connectivity index (χ0v) is 21.4. The number of hydrogen-bond acceptors (Lipinski definition) is 7. The van der Waals surface area contributed by atoms with Crippen molar-refractivity contribution in [2.45, 2.75) is 25.4 Å². The fraction of sp³-hybridized carbons (Fsp3) is 0.346. The van der Waals surface area contributed by atoms with Gasteiger partial charge in [0.15, 0.2) is 11.6 Å². The molecule has 0 radical (unpaired) electrons. The van der Waals surface area contributed by atoms with Gasteiger partial charge in [0.1, 0.15) is 17.8 Å². The minimum absolute atomic E-state index is 0.0442. The predicted octanol–water partition coefficient (Wildman–Crippen LogP) is 4.91. The second-order valence-electron chi connectivity index (χ2n) is 9.44. The van der Waals surface area contributed by atoms with Crippen molar-refractivity contribution in [2.24, 2.45) is 0 Å². The van der Waals surface area contributed by atoms with Crippen LogP contribution in [0.2, 0.25) is 10.0 Å². The van der Waals surface area contributed by atoms with E-state index in [1.165, 1.54) is 5.56 Å². The maximum Gasteiger partial charge on any atom is 0.158 e. The molecule has 3 N–H and O–H groups in total. The highest BCUT2D eigenvalue weighted by atomic mass is 35.5. The summed E-state index contributed by atoms with van der Waals surface area (Å²) in [6.07, 6.45) is 3.61. The number of aromatic nitrogens is 4. The van der Waals surface area contributed by atoms with E-state index in [9.17, 15) is 0 Å². The van der Waals surface area contributed by atoms with Crippen molar-refractivity contribution in [1.82, 2.24) is 24.8 Å². The van der Waals surface area contributed by atoms with Gasteiger partial charge in [0, 0.05) is 39.3 Å². The van der Waals surface area contributed by atoms with Gasteiger partial charge in [-0.3, -0.25) is 4.90 Å². The Balaban J connectivity index is 1.20. The van der Waals surface area contributed by atoms with Crippen molar-refractivity contribution in [3.63, 3.8) is 0 Å². The molecule has 0 saturated carbocycles. The number of nitrogens with one attached hydrogen (secondary N) is 1. The van der Waals surface area contributed by atoms with E-state index in [0.717, 1.165) is 80.6 Å². The number of hydrogen-bond donors (Lipinski definition) is 2. The van der Waals surface area contributed by atoms with Gasteiger partial charge in [0.25, 0.3) is 0 Å². The number of anilines is 3. The third kappa shape index (κ3) is 4.45. The first-order valence-corrected chi connectivity index (χ1v) is 13.1. The monoisotopic (exact) mass is 522 g/mol. The molecule has 0 amide bonds. The maximum absolute atomic E-state index is 6.72. The van der Waals surface area contributed by atoms with Crippen LogP contribution in [0, 0.1) is 0 Å². The summed E-state index contributed by atoms with van der Waals surface area (Å²) < 4.78 is 0. The minimum atomic E-state index is 0.0442. The number of imidazole rings is 1. The average Bonchev–Trinajstić information content (AvgIpc) is 3.53. The number of nitrogens with zero attached hydrogens (tertiary/aromatic N) is 6. The summed E-state index contributed by atoms with van der Waals surface area (Å²) in [4.78, 5) is 24.4. The van der Waals surface area contributed by atoms with Crippen LogP contribution in [-0.4, -0.2) is 57.6 Å². The summed E-state index contributed by atoms with van der Waals surface area (Å²) in [7, 11) is 0. The molecule has 1 atom stereocenters. The summed E-state index contributed by atoms with van der Waals surface area (Å²) in [5.74, 6) is 2.45. The minimum Gasteiger partial charge on any atom is -0.393 e. The highest BCUT2D eigenvalue weighted by molar-refractivity contribution is 6.42. The summed E-state index contributed by atoms with van der Waals surface area (Å²) in [6.45, 7) is 5.50. The molecule has 4 aromatic rings. The predicted molar refractivity (Wildman–Crippen MR) is 146 cm³/mol. The molecule has 186 valence electrons. The van der Waals surface area contributed by atoms with Crippen LogP contribution >= 0.6 is 23.2 Å². The third-order valence-electron chi connectivity index (χ3n) is 7.15. The topological polar surface area (TPSA) is 90.2 Å². The highest BCUT2D eigenvalue weighted by Gasteiger charge is 2.32. The molecular formula is C26H28Cl2N8. The molecule has 2 aliphatic rings. The van der Waals surface area contributed by atoms with E-state index < -0.39 is 0 Å². The van der Waals surface area contributed by atoms with Crippen LogP contribution in [0.4, 0.5) is 17.3 Å². The van der Waals surface area contributed by atoms with Gasteiger partial charge in [-0.25, -0.2) is 15.0 Å². The van der Waals surface area contributed by atoms with E-state index in [0.29, 0.717) is 15.7 Å². The second kappa shape index (κ2) is 9.76. The number of nitrogens with two attached hydrogens (primary N) is 1. The van der Waals surface area contributed by atoms with Crippen LogP contribution in [0.25, 0.3) is 11.0 Å². The smallest absolute Gasteiger partial charge is 0.158 e. The summed E-state index contributed by atoms with van der Waals surface area (Å²) >= 11 is 12.4. The number of piperazine rings is 1. The van der Waals surface area contributed by atoms with Gasteiger partial charge in [0.2, 0.25) is 0 Å². The molecule has 2 saturated heterocycles. The van der Waals surface area contributed by atoms with Crippen LogP contribution in [0.3, 0.4) is 0 Å². The van der Waals surface area contributed by atoms with Crippen LogP contribution in [0.1, 0.15) is 30.3 Å². The van der Waals surface area contributed by atoms with E-state index in [-0.39, 0.29) is 6.04 Å². The summed E-state index contributed by atoms with van der Waals surface area (Å²) in [5, 5.41) is 1.01. The lowest BCUT2D eigenvalue weighted by atomic mass is 10.2. The van der Waals surface area contributed by atoms with Crippen molar-refractivity contribution in [3.8, 4) is 0 Å². The van der Waals surface area contributed by atoms with Crippen LogP contribution < -0.4 is 15.5 Å². The lowest BCUT2D eigenvalue weighted by Gasteiger charge is -2.36. The van der Waals surface area contributed by atoms with Gasteiger partial charge in [0.05, 0.1) is 27.1 Å². The van der Waals surface area contributed by atoms with E-state index >= 15 is 0 Å². The first-order chi connectivity index (χ1) is 17.6. The molecule has 2 aliphatic heterocycles. The van der Waals surface area contributed by atoms with Crippen LogP contribution in [-0.2, 0) is 6.54 Å². The number of aromatic amines is 1. The van der Waals surface area contributed by atoms with E-state index in [2.05, 4.69) is 60.0 Å². The number of nitrogen functional groups attached to an aromatic ring is 1. The SMILES string of the molecule is Nc1c(N2CCN(Cc3ccccc3)CC2)ncnc1N1CCC[C@H]1c1nc2cc(Cl)c(Cl)cc2[nH]1. The van der Waals surface area contributed by atoms with Gasteiger partial charge in [-0.1, -0.05) is 53.5 Å². The lowest BCUT2D eigenvalue weighted by molar-refractivity contribution is 0.249. The van der Waals surface area contributed by atoms with Gasteiger partial charge in [-0.15, -0.1) is 0 Å². The molecule has 0 unspecified atom stereocenters. The first-order valence-electron chi connectivity index (χ1n) is 12.3. The molecule has 0 bridgehead atoms. The molecule has 4 heterocycles. The van der Waals surface area contributed by atoms with Crippen molar-refractivity contribution < 1.29 is 0 Å². The molecular weight excluding hydrogens is 495 g/mol. The first kappa shape index (κ1) is 23.3. The Morgan fingerprint density at radius 1 is 0.944 bits per heavy atom. The number of rotatable bonds is 5. The maximum atomic E-state index is 6.72. The van der Waals surface area contributed by atoms with Gasteiger partial charge >= 0.3 is 0 Å². The zero-order chi connectivity index (χ0) is 24.6. The fourth-order valence-corrected chi connectivity index (χ4v) is 5.63. The Morgan fingerprint density at radius 3 is 2.50 bits per heavy atom. The average molecular weight is 523 g/mol. The molecule has 6 rings (SSSR count). The number of halogens is 2. The van der Waals surface area contributed by atoms with Crippen LogP contribution in [0.5, 0.6) is 0 Å². The number of fused-ring (bicyclic) bond motifs is 1. The fourth-order valence-electron chi connectivity index (χ4n) is 5.30. The van der Waals surface area contributed by atoms with E-state index in [1.807, 2.05) is 6.07 Å². The number of H-pyrrole nitrogens is 1. The molecule has 0 spiro atoms. The highest BCUT2D eigenvalue weighted by Crippen LogP contribution is 2.40. The Bertz CT molecular complexity index is 1330. The quantitative estimate of drug-likeness (QED) is 0.384. The Morgan fingerprint density at radius 2 is 1.69 bits per heavy atom. The van der Waals surface area contributed by atoms with Gasteiger partial charge in [-0.2, -0.15) is 0 Å². The van der Waals surface area contributed by atoms with Crippen molar-refractivity contribution in [1.29, 1.82) is 0 Å². The Hall–Kier alpha value is -3.07. The van der Waals surface area contributed by atoms with E-state index in [1.54, 1.807) is 12.4 Å². The summed E-state index contributed by atoms with van der Waals surface area (Å²) in [6, 6.07) is 14.3. The molecule has 36 heavy (non-hydrogen) atoms. The zero-order valence-electron chi connectivity index (χ0n) is 19.9. The van der Waals surface area contributed by atoms with Crippen LogP contribution in [0.15, 0.2) is 48.8 Å². The van der Waals surface area contributed by atoms with E-state index in [4.69, 9.17) is 33.9 Å². The molecule has 0 aliphatic carbocycles. The molecule has 10 heteroatoms. The molecule has 2 aromatic carbocycles. The lowest BCUT2D eigenvalue weighted by Crippen LogP contribution is -2.46. The Labute approximate surface area is 220 Å². The van der Waals surface area contributed by atoms with Gasteiger partial charge in [-0.05, 0) is 30.5 Å². The second-order valence-corrected chi connectivity index (χ2v) is 10.3. The number of benzene rings is 2.